The second kappa shape index (κ2) is 7.35. The SMILES string of the molecule is COc1ccc(C)cc1-c1ccnc(C(CC(=O)O)c2nnc(C)o2)c1. The van der Waals surface area contributed by atoms with Crippen molar-refractivity contribution in [3.8, 4) is 16.9 Å². The average Bonchev–Trinajstić information content (AvgIpc) is 3.05. The lowest BCUT2D eigenvalue weighted by Gasteiger charge is -2.14. The molecule has 0 saturated heterocycles. The van der Waals surface area contributed by atoms with Gasteiger partial charge in [-0.3, -0.25) is 9.78 Å². The fourth-order valence-electron chi connectivity index (χ4n) is 2.80. The predicted molar refractivity (Wildman–Crippen MR) is 94.1 cm³/mol. The number of aliphatic carboxylic acids is 1. The molecule has 26 heavy (non-hydrogen) atoms. The van der Waals surface area contributed by atoms with E-state index in [1.807, 2.05) is 37.3 Å². The Kier molecular flexibility index (Phi) is 4.97. The average molecular weight is 353 g/mol. The summed E-state index contributed by atoms with van der Waals surface area (Å²) in [5, 5.41) is 17.1. The van der Waals surface area contributed by atoms with Crippen LogP contribution in [-0.2, 0) is 4.79 Å². The fraction of sp³-hybridized carbons (Fsp3) is 0.263. The standard InChI is InChI=1S/C19H19N3O4/c1-11-4-5-17(25-3)14(8-11)13-6-7-20-16(9-13)15(10-18(23)24)19-22-21-12(2)26-19/h4-9,15H,10H2,1-3H3,(H,23,24). The summed E-state index contributed by atoms with van der Waals surface area (Å²) in [6.45, 7) is 3.66. The highest BCUT2D eigenvalue weighted by molar-refractivity contribution is 5.72. The molecule has 1 unspecified atom stereocenters. The van der Waals surface area contributed by atoms with Gasteiger partial charge in [-0.1, -0.05) is 11.6 Å². The molecule has 0 spiro atoms. The topological polar surface area (TPSA) is 98.3 Å². The number of aromatic nitrogens is 3. The van der Waals surface area contributed by atoms with Crippen molar-refractivity contribution in [1.29, 1.82) is 0 Å². The van der Waals surface area contributed by atoms with Gasteiger partial charge in [-0.25, -0.2) is 0 Å². The van der Waals surface area contributed by atoms with Crippen LogP contribution in [0.4, 0.5) is 0 Å². The van der Waals surface area contributed by atoms with Crippen molar-refractivity contribution in [3.05, 3.63) is 59.6 Å². The fourth-order valence-corrected chi connectivity index (χ4v) is 2.80. The van der Waals surface area contributed by atoms with Crippen LogP contribution in [0.25, 0.3) is 11.1 Å². The Bertz CT molecular complexity index is 936. The van der Waals surface area contributed by atoms with E-state index in [9.17, 15) is 9.90 Å². The molecule has 3 aromatic rings. The number of benzene rings is 1. The Labute approximate surface area is 150 Å². The van der Waals surface area contributed by atoms with Crippen LogP contribution in [0.5, 0.6) is 5.75 Å². The lowest BCUT2D eigenvalue weighted by atomic mass is 9.96. The van der Waals surface area contributed by atoms with Crippen molar-refractivity contribution < 1.29 is 19.1 Å². The van der Waals surface area contributed by atoms with Gasteiger partial charge in [0.1, 0.15) is 5.75 Å². The predicted octanol–water partition coefficient (Wildman–Crippen LogP) is 3.36. The number of nitrogens with zero attached hydrogens (tertiary/aromatic N) is 3. The maximum Gasteiger partial charge on any atom is 0.304 e. The zero-order chi connectivity index (χ0) is 18.7. The van der Waals surface area contributed by atoms with Gasteiger partial charge < -0.3 is 14.3 Å². The Balaban J connectivity index is 2.07. The highest BCUT2D eigenvalue weighted by atomic mass is 16.5. The van der Waals surface area contributed by atoms with Crippen LogP contribution in [0.15, 0.2) is 40.9 Å². The minimum absolute atomic E-state index is 0.191. The van der Waals surface area contributed by atoms with Crippen LogP contribution in [0, 0.1) is 13.8 Å². The molecule has 0 aliphatic rings. The zero-order valence-electron chi connectivity index (χ0n) is 14.8. The molecule has 134 valence electrons. The molecule has 1 N–H and O–H groups in total. The molecule has 0 aliphatic heterocycles. The molecule has 1 aromatic carbocycles. The highest BCUT2D eigenvalue weighted by Gasteiger charge is 2.25. The van der Waals surface area contributed by atoms with E-state index in [0.29, 0.717) is 11.6 Å². The van der Waals surface area contributed by atoms with Gasteiger partial charge in [-0.05, 0) is 36.8 Å². The maximum atomic E-state index is 11.3. The highest BCUT2D eigenvalue weighted by Crippen LogP contribution is 2.33. The molecule has 7 heteroatoms. The summed E-state index contributed by atoms with van der Waals surface area (Å²) in [4.78, 5) is 15.7. The van der Waals surface area contributed by atoms with Crippen molar-refractivity contribution in [2.75, 3.05) is 7.11 Å². The monoisotopic (exact) mass is 353 g/mol. The summed E-state index contributed by atoms with van der Waals surface area (Å²) in [6, 6.07) is 9.59. The first-order valence-corrected chi connectivity index (χ1v) is 8.10. The third kappa shape index (κ3) is 3.72. The summed E-state index contributed by atoms with van der Waals surface area (Å²) in [6.07, 6.45) is 1.45. The number of aryl methyl sites for hydroxylation is 2. The Morgan fingerprint density at radius 2 is 2.04 bits per heavy atom. The number of hydrogen-bond donors (Lipinski definition) is 1. The van der Waals surface area contributed by atoms with E-state index in [0.717, 1.165) is 22.4 Å². The Hall–Kier alpha value is -3.22. The van der Waals surface area contributed by atoms with Gasteiger partial charge in [0.25, 0.3) is 0 Å². The summed E-state index contributed by atoms with van der Waals surface area (Å²) in [5.41, 5.74) is 3.43. The normalized spacial score (nSPS) is 12.0. The zero-order valence-corrected chi connectivity index (χ0v) is 14.8. The number of ether oxygens (including phenoxy) is 1. The first-order valence-electron chi connectivity index (χ1n) is 8.10. The molecule has 3 rings (SSSR count). The van der Waals surface area contributed by atoms with Gasteiger partial charge in [0.2, 0.25) is 11.8 Å². The molecule has 7 nitrogen and oxygen atoms in total. The number of rotatable bonds is 6. The molecule has 2 aromatic heterocycles. The van der Waals surface area contributed by atoms with Crippen molar-refractivity contribution in [3.63, 3.8) is 0 Å². The van der Waals surface area contributed by atoms with Crippen LogP contribution in [0.2, 0.25) is 0 Å². The number of carboxylic acids is 1. The first kappa shape index (κ1) is 17.6. The van der Waals surface area contributed by atoms with E-state index in [1.54, 1.807) is 20.2 Å². The van der Waals surface area contributed by atoms with Crippen LogP contribution < -0.4 is 4.74 Å². The molecule has 0 amide bonds. The molecule has 0 saturated carbocycles. The second-order valence-electron chi connectivity index (χ2n) is 5.98. The second-order valence-corrected chi connectivity index (χ2v) is 5.98. The van der Waals surface area contributed by atoms with Crippen LogP contribution in [0.3, 0.4) is 0 Å². The van der Waals surface area contributed by atoms with E-state index in [-0.39, 0.29) is 12.3 Å². The number of methoxy groups -OCH3 is 1. The third-order valence-electron chi connectivity index (χ3n) is 4.02. The van der Waals surface area contributed by atoms with Crippen molar-refractivity contribution >= 4 is 5.97 Å². The van der Waals surface area contributed by atoms with E-state index in [4.69, 9.17) is 9.15 Å². The first-order chi connectivity index (χ1) is 12.5. The minimum Gasteiger partial charge on any atom is -0.496 e. The third-order valence-corrected chi connectivity index (χ3v) is 4.02. The van der Waals surface area contributed by atoms with Crippen LogP contribution in [0.1, 0.15) is 35.4 Å². The minimum atomic E-state index is -0.966. The molecule has 2 heterocycles. The van der Waals surface area contributed by atoms with Gasteiger partial charge in [-0.2, -0.15) is 0 Å². The molecule has 0 radical (unpaired) electrons. The smallest absolute Gasteiger partial charge is 0.304 e. The number of pyridine rings is 1. The summed E-state index contributed by atoms with van der Waals surface area (Å²) in [5.74, 6) is -0.232. The summed E-state index contributed by atoms with van der Waals surface area (Å²) in [7, 11) is 1.62. The molecular formula is C19H19N3O4. The summed E-state index contributed by atoms with van der Waals surface area (Å²) < 4.78 is 10.9. The lowest BCUT2D eigenvalue weighted by molar-refractivity contribution is -0.137. The van der Waals surface area contributed by atoms with Gasteiger partial charge in [0.15, 0.2) is 0 Å². The van der Waals surface area contributed by atoms with Gasteiger partial charge in [0.05, 0.1) is 25.1 Å². The Morgan fingerprint density at radius 3 is 2.69 bits per heavy atom. The molecule has 0 bridgehead atoms. The molecule has 0 fully saturated rings. The molecular weight excluding hydrogens is 334 g/mol. The number of carbonyl (C=O) groups is 1. The maximum absolute atomic E-state index is 11.3. The lowest BCUT2D eigenvalue weighted by Crippen LogP contribution is -2.10. The van der Waals surface area contributed by atoms with Crippen molar-refractivity contribution in [2.24, 2.45) is 0 Å². The van der Waals surface area contributed by atoms with E-state index >= 15 is 0 Å². The van der Waals surface area contributed by atoms with E-state index in [1.165, 1.54) is 0 Å². The van der Waals surface area contributed by atoms with Gasteiger partial charge in [0, 0.05) is 18.7 Å². The van der Waals surface area contributed by atoms with Crippen molar-refractivity contribution in [1.82, 2.24) is 15.2 Å². The van der Waals surface area contributed by atoms with Gasteiger partial charge in [-0.15, -0.1) is 10.2 Å². The van der Waals surface area contributed by atoms with Crippen LogP contribution >= 0.6 is 0 Å². The van der Waals surface area contributed by atoms with Crippen LogP contribution in [-0.4, -0.2) is 33.4 Å². The molecule has 1 atom stereocenters. The van der Waals surface area contributed by atoms with E-state index < -0.39 is 11.9 Å². The largest absolute Gasteiger partial charge is 0.496 e. The number of hydrogen-bond acceptors (Lipinski definition) is 6. The summed E-state index contributed by atoms with van der Waals surface area (Å²) >= 11 is 0. The number of carboxylic acid groups (broad SMARTS) is 1. The molecule has 0 aliphatic carbocycles. The van der Waals surface area contributed by atoms with E-state index in [2.05, 4.69) is 15.2 Å². The Morgan fingerprint density at radius 1 is 1.23 bits per heavy atom. The quantitative estimate of drug-likeness (QED) is 0.725. The van der Waals surface area contributed by atoms with Gasteiger partial charge >= 0.3 is 5.97 Å². The van der Waals surface area contributed by atoms with Crippen molar-refractivity contribution in [2.45, 2.75) is 26.2 Å².